The fraction of sp³-hybridized carbons (Fsp3) is 0.250. The summed E-state index contributed by atoms with van der Waals surface area (Å²) in [5.74, 6) is 0. The molecule has 0 amide bonds. The van der Waals surface area contributed by atoms with E-state index in [1.165, 1.54) is 0 Å². The predicted molar refractivity (Wildman–Crippen MR) is 58.5 cm³/mol. The van der Waals surface area contributed by atoms with Crippen molar-refractivity contribution in [2.45, 2.75) is 13.0 Å². The molecule has 0 radical (unpaired) electrons. The minimum atomic E-state index is -0.894. The van der Waals surface area contributed by atoms with Gasteiger partial charge in [0.15, 0.2) is 0 Å². The quantitative estimate of drug-likeness (QED) is 0.779. The van der Waals surface area contributed by atoms with E-state index in [4.69, 9.17) is 5.11 Å². The van der Waals surface area contributed by atoms with Crippen LogP contribution in [0.15, 0.2) is 30.5 Å². The molecule has 1 aromatic carbocycles. The second-order valence-corrected chi connectivity index (χ2v) is 3.66. The number of benzene rings is 1. The molecule has 0 aliphatic carbocycles. The first-order valence-corrected chi connectivity index (χ1v) is 4.86. The van der Waals surface area contributed by atoms with E-state index >= 15 is 0 Å². The molecule has 0 aliphatic rings. The number of pyridine rings is 1. The Balaban J connectivity index is 2.54. The van der Waals surface area contributed by atoms with Crippen molar-refractivity contribution in [3.05, 3.63) is 41.7 Å². The molecule has 2 aromatic rings. The van der Waals surface area contributed by atoms with Gasteiger partial charge in [-0.05, 0) is 18.4 Å². The average Bonchev–Trinajstić information content (AvgIpc) is 2.27. The minimum Gasteiger partial charge on any atom is -0.393 e. The summed E-state index contributed by atoms with van der Waals surface area (Å²) in [4.78, 5) is 4.10. The molecule has 0 aliphatic heterocycles. The van der Waals surface area contributed by atoms with Crippen molar-refractivity contribution in [1.82, 2.24) is 4.98 Å². The summed E-state index contributed by atoms with van der Waals surface area (Å²) in [5.41, 5.74) is 1.67. The highest BCUT2D eigenvalue weighted by Gasteiger charge is 2.07. The molecule has 15 heavy (non-hydrogen) atoms. The Morgan fingerprint density at radius 1 is 1.27 bits per heavy atom. The van der Waals surface area contributed by atoms with Crippen LogP contribution in [0.5, 0.6) is 0 Å². The summed E-state index contributed by atoms with van der Waals surface area (Å²) >= 11 is 0. The van der Waals surface area contributed by atoms with E-state index in [1.54, 1.807) is 6.20 Å². The van der Waals surface area contributed by atoms with E-state index in [2.05, 4.69) is 4.98 Å². The molecule has 0 saturated carbocycles. The third-order valence-electron chi connectivity index (χ3n) is 2.41. The largest absolute Gasteiger partial charge is 0.393 e. The fourth-order valence-corrected chi connectivity index (χ4v) is 1.55. The zero-order chi connectivity index (χ0) is 10.8. The highest BCUT2D eigenvalue weighted by Crippen LogP contribution is 2.18. The molecule has 3 heteroatoms. The summed E-state index contributed by atoms with van der Waals surface area (Å²) in [6.07, 6.45) is 0.818. The van der Waals surface area contributed by atoms with Crippen molar-refractivity contribution in [2.75, 3.05) is 6.61 Å². The topological polar surface area (TPSA) is 53.4 Å². The van der Waals surface area contributed by atoms with E-state index in [0.29, 0.717) is 5.69 Å². The predicted octanol–water partition coefficient (Wildman–Crippen LogP) is 1.57. The lowest BCUT2D eigenvalue weighted by atomic mass is 10.1. The molecule has 0 fully saturated rings. The maximum Gasteiger partial charge on any atom is 0.119 e. The van der Waals surface area contributed by atoms with E-state index < -0.39 is 6.10 Å². The van der Waals surface area contributed by atoms with Gasteiger partial charge in [0, 0.05) is 11.6 Å². The number of aliphatic hydroxyl groups excluding tert-OH is 2. The summed E-state index contributed by atoms with van der Waals surface area (Å²) in [7, 11) is 0. The van der Waals surface area contributed by atoms with Gasteiger partial charge in [0.2, 0.25) is 0 Å². The fourth-order valence-electron chi connectivity index (χ4n) is 1.55. The first kappa shape index (κ1) is 10.1. The first-order chi connectivity index (χ1) is 7.20. The van der Waals surface area contributed by atoms with Crippen molar-refractivity contribution >= 4 is 10.8 Å². The Kier molecular flexibility index (Phi) is 2.66. The molecule has 0 saturated heterocycles. The normalized spacial score (nSPS) is 13.0. The number of aliphatic hydroxyl groups is 2. The smallest absolute Gasteiger partial charge is 0.119 e. The first-order valence-electron chi connectivity index (χ1n) is 4.86. The summed E-state index contributed by atoms with van der Waals surface area (Å²) in [6.45, 7) is 1.71. The number of aryl methyl sites for hydroxylation is 1. The van der Waals surface area contributed by atoms with Gasteiger partial charge in [-0.2, -0.15) is 0 Å². The average molecular weight is 203 g/mol. The third-order valence-corrected chi connectivity index (χ3v) is 2.41. The number of hydrogen-bond donors (Lipinski definition) is 2. The molecule has 0 spiro atoms. The highest BCUT2D eigenvalue weighted by atomic mass is 16.3. The van der Waals surface area contributed by atoms with E-state index in [1.807, 2.05) is 31.2 Å². The third kappa shape index (κ3) is 1.98. The molecule has 78 valence electrons. The molecule has 0 bridgehead atoms. The number of rotatable bonds is 2. The maximum absolute atomic E-state index is 9.45. The van der Waals surface area contributed by atoms with Crippen molar-refractivity contribution in [3.63, 3.8) is 0 Å². The lowest BCUT2D eigenvalue weighted by molar-refractivity contribution is 0.0924. The lowest BCUT2D eigenvalue weighted by Gasteiger charge is -2.07. The number of fused-ring (bicyclic) bond motifs is 1. The van der Waals surface area contributed by atoms with Gasteiger partial charge in [-0.1, -0.05) is 23.8 Å². The maximum atomic E-state index is 9.45. The number of aromatic nitrogens is 1. The monoisotopic (exact) mass is 203 g/mol. The van der Waals surface area contributed by atoms with Crippen LogP contribution in [0.2, 0.25) is 0 Å². The van der Waals surface area contributed by atoms with E-state index in [0.717, 1.165) is 16.3 Å². The highest BCUT2D eigenvalue weighted by molar-refractivity contribution is 5.82. The van der Waals surface area contributed by atoms with Gasteiger partial charge in [0.05, 0.1) is 12.3 Å². The van der Waals surface area contributed by atoms with Crippen LogP contribution in [0.25, 0.3) is 10.8 Å². The van der Waals surface area contributed by atoms with Crippen LogP contribution in [0.1, 0.15) is 17.4 Å². The molecule has 1 heterocycles. The van der Waals surface area contributed by atoms with E-state index in [-0.39, 0.29) is 6.61 Å². The van der Waals surface area contributed by atoms with Crippen molar-refractivity contribution in [3.8, 4) is 0 Å². The molecular formula is C12H13NO2. The molecule has 1 unspecified atom stereocenters. The number of nitrogens with zero attached hydrogens (tertiary/aromatic N) is 1. The minimum absolute atomic E-state index is 0.301. The zero-order valence-electron chi connectivity index (χ0n) is 8.51. The lowest BCUT2D eigenvalue weighted by Crippen LogP contribution is -2.04. The van der Waals surface area contributed by atoms with Crippen LogP contribution in [-0.4, -0.2) is 21.8 Å². The summed E-state index contributed by atoms with van der Waals surface area (Å²) in [6, 6.07) is 7.85. The van der Waals surface area contributed by atoms with Gasteiger partial charge in [-0.25, -0.2) is 0 Å². The SMILES string of the molecule is Cc1ccc2cnc(C(O)CO)cc2c1. The Morgan fingerprint density at radius 2 is 2.07 bits per heavy atom. The van der Waals surface area contributed by atoms with Crippen LogP contribution in [-0.2, 0) is 0 Å². The Hall–Kier alpha value is -1.45. The molecule has 1 aromatic heterocycles. The van der Waals surface area contributed by atoms with Gasteiger partial charge < -0.3 is 10.2 Å². The summed E-state index contributed by atoms with van der Waals surface area (Å²) < 4.78 is 0. The Bertz CT molecular complexity index is 482. The Morgan fingerprint density at radius 3 is 2.80 bits per heavy atom. The van der Waals surface area contributed by atoms with Gasteiger partial charge in [-0.15, -0.1) is 0 Å². The van der Waals surface area contributed by atoms with Gasteiger partial charge in [-0.3, -0.25) is 4.98 Å². The van der Waals surface area contributed by atoms with Crippen LogP contribution < -0.4 is 0 Å². The van der Waals surface area contributed by atoms with Crippen molar-refractivity contribution in [2.24, 2.45) is 0 Å². The number of hydrogen-bond acceptors (Lipinski definition) is 3. The molecule has 2 rings (SSSR count). The molecular weight excluding hydrogens is 190 g/mol. The van der Waals surface area contributed by atoms with Crippen LogP contribution >= 0.6 is 0 Å². The van der Waals surface area contributed by atoms with E-state index in [9.17, 15) is 5.11 Å². The molecule has 2 N–H and O–H groups in total. The standard InChI is InChI=1S/C12H13NO2/c1-8-2-3-9-6-13-11(12(15)7-14)5-10(9)4-8/h2-6,12,14-15H,7H2,1H3. The van der Waals surface area contributed by atoms with Crippen molar-refractivity contribution < 1.29 is 10.2 Å². The van der Waals surface area contributed by atoms with Gasteiger partial charge >= 0.3 is 0 Å². The molecule has 1 atom stereocenters. The zero-order valence-corrected chi connectivity index (χ0v) is 8.51. The van der Waals surface area contributed by atoms with Gasteiger partial charge in [0.25, 0.3) is 0 Å². The van der Waals surface area contributed by atoms with Crippen molar-refractivity contribution in [1.29, 1.82) is 0 Å². The Labute approximate surface area is 88.0 Å². The molecule has 3 nitrogen and oxygen atoms in total. The summed E-state index contributed by atoms with van der Waals surface area (Å²) in [5, 5.41) is 20.3. The van der Waals surface area contributed by atoms with Crippen LogP contribution in [0, 0.1) is 6.92 Å². The second-order valence-electron chi connectivity index (χ2n) is 3.66. The van der Waals surface area contributed by atoms with Crippen LogP contribution in [0.4, 0.5) is 0 Å². The van der Waals surface area contributed by atoms with Crippen LogP contribution in [0.3, 0.4) is 0 Å². The second kappa shape index (κ2) is 3.96. The van der Waals surface area contributed by atoms with Gasteiger partial charge in [0.1, 0.15) is 6.10 Å².